The summed E-state index contributed by atoms with van der Waals surface area (Å²) in [5, 5.41) is 10.7. The Bertz CT molecular complexity index is 567. The van der Waals surface area contributed by atoms with Gasteiger partial charge in [0.2, 0.25) is 0 Å². The molecular weight excluding hydrogens is 334 g/mol. The lowest BCUT2D eigenvalue weighted by Crippen LogP contribution is -2.17. The molecule has 0 bridgehead atoms. The topological polar surface area (TPSA) is 76.3 Å². The van der Waals surface area contributed by atoms with Crippen molar-refractivity contribution in [2.75, 3.05) is 19.8 Å². The summed E-state index contributed by atoms with van der Waals surface area (Å²) < 4.78 is 0.678. The first-order chi connectivity index (χ1) is 9.86. The first kappa shape index (κ1) is 17.8. The number of hydrogen-bond donors (Lipinski definition) is 0. The molecule has 0 unspecified atom stereocenters. The van der Waals surface area contributed by atoms with E-state index >= 15 is 0 Å². The van der Waals surface area contributed by atoms with E-state index < -0.39 is 4.92 Å². The minimum absolute atomic E-state index is 0.0301. The van der Waals surface area contributed by atoms with Gasteiger partial charge in [0.25, 0.3) is 5.69 Å². The van der Waals surface area contributed by atoms with E-state index in [-0.39, 0.29) is 29.3 Å². The monoisotopic (exact) mass is 347 g/mol. The highest BCUT2D eigenvalue weighted by Crippen LogP contribution is 2.19. The fourth-order valence-corrected chi connectivity index (χ4v) is 2.61. The molecule has 1 aromatic rings. The number of hydrogen-bond acceptors (Lipinski definition) is 6. The van der Waals surface area contributed by atoms with Crippen molar-refractivity contribution in [1.29, 1.82) is 0 Å². The van der Waals surface area contributed by atoms with Crippen LogP contribution in [-0.2, 0) is 5.88 Å². The van der Waals surface area contributed by atoms with Crippen LogP contribution in [0.4, 0.5) is 5.69 Å². The highest BCUT2D eigenvalue weighted by Gasteiger charge is 2.17. The number of halogens is 1. The van der Waals surface area contributed by atoms with E-state index in [1.165, 1.54) is 17.8 Å². The number of Topliss-reactive ketones (excluding diaryl/α,β-unsaturated/α-hetero) is 1. The zero-order valence-electron chi connectivity index (χ0n) is 11.5. The quantitative estimate of drug-likeness (QED) is 0.257. The Morgan fingerprint density at radius 2 is 2.24 bits per heavy atom. The number of thiocarbonyl (C=S) groups is 1. The first-order valence-corrected chi connectivity index (χ1v) is 7.86. The van der Waals surface area contributed by atoms with Gasteiger partial charge in [-0.3, -0.25) is 19.9 Å². The lowest BCUT2D eigenvalue weighted by atomic mass is 10.1. The number of carbonyl (C=O) groups excluding carboxylic acids is 1. The van der Waals surface area contributed by atoms with E-state index in [1.54, 1.807) is 4.90 Å². The highest BCUT2D eigenvalue weighted by molar-refractivity contribution is 8.22. The molecule has 0 aliphatic rings. The lowest BCUT2D eigenvalue weighted by Gasteiger charge is -2.12. The van der Waals surface area contributed by atoms with Crippen LogP contribution in [0.1, 0.15) is 22.5 Å². The van der Waals surface area contributed by atoms with Crippen molar-refractivity contribution in [1.82, 2.24) is 9.88 Å². The molecule has 1 rings (SSSR count). The number of thioether (sulfide) groups is 1. The number of ketones is 1. The van der Waals surface area contributed by atoms with Crippen molar-refractivity contribution in [2.24, 2.45) is 0 Å². The molecule has 0 spiro atoms. The van der Waals surface area contributed by atoms with Gasteiger partial charge in [-0.25, -0.2) is 0 Å². The molecule has 114 valence electrons. The molecule has 0 amide bonds. The molecule has 9 heteroatoms. The van der Waals surface area contributed by atoms with Crippen molar-refractivity contribution in [3.8, 4) is 0 Å². The summed E-state index contributed by atoms with van der Waals surface area (Å²) in [6.07, 6.45) is 1.32. The minimum atomic E-state index is -0.586. The lowest BCUT2D eigenvalue weighted by molar-refractivity contribution is -0.385. The number of nitro groups is 1. The van der Waals surface area contributed by atoms with Crippen LogP contribution in [-0.4, -0.2) is 44.8 Å². The second-order valence-electron chi connectivity index (χ2n) is 4.26. The van der Waals surface area contributed by atoms with Crippen LogP contribution in [0.15, 0.2) is 12.3 Å². The molecule has 6 nitrogen and oxygen atoms in total. The third-order valence-corrected chi connectivity index (χ3v) is 4.51. The molecule has 0 atom stereocenters. The Kier molecular flexibility index (Phi) is 7.00. The van der Waals surface area contributed by atoms with Gasteiger partial charge in [-0.15, -0.1) is 11.6 Å². The normalized spacial score (nSPS) is 10.2. The van der Waals surface area contributed by atoms with Gasteiger partial charge in [-0.2, -0.15) is 0 Å². The summed E-state index contributed by atoms with van der Waals surface area (Å²) in [5.41, 5.74) is 0.340. The zero-order chi connectivity index (χ0) is 16.0. The number of nitrogens with zero attached hydrogens (tertiary/aromatic N) is 3. The van der Waals surface area contributed by atoms with Gasteiger partial charge < -0.3 is 4.90 Å². The first-order valence-electron chi connectivity index (χ1n) is 5.93. The van der Waals surface area contributed by atoms with E-state index in [9.17, 15) is 14.9 Å². The van der Waals surface area contributed by atoms with Gasteiger partial charge in [-0.1, -0.05) is 24.0 Å². The van der Waals surface area contributed by atoms with Crippen molar-refractivity contribution in [2.45, 2.75) is 12.3 Å². The largest absolute Gasteiger partial charge is 0.364 e. The van der Waals surface area contributed by atoms with Gasteiger partial charge in [0.15, 0.2) is 5.78 Å². The second-order valence-corrected chi connectivity index (χ2v) is 6.26. The van der Waals surface area contributed by atoms with Crippen LogP contribution in [0.25, 0.3) is 0 Å². The van der Waals surface area contributed by atoms with Gasteiger partial charge in [0.1, 0.15) is 10.5 Å². The van der Waals surface area contributed by atoms with Gasteiger partial charge in [0.05, 0.1) is 16.5 Å². The van der Waals surface area contributed by atoms with Crippen molar-refractivity contribution in [3.05, 3.63) is 33.6 Å². The summed E-state index contributed by atoms with van der Waals surface area (Å²) >= 11 is 12.2. The zero-order valence-corrected chi connectivity index (χ0v) is 13.9. The molecule has 1 heterocycles. The van der Waals surface area contributed by atoms with E-state index in [2.05, 4.69) is 4.98 Å². The predicted octanol–water partition coefficient (Wildman–Crippen LogP) is 2.88. The highest BCUT2D eigenvalue weighted by atomic mass is 35.5. The molecule has 0 N–H and O–H groups in total. The number of pyridine rings is 1. The fourth-order valence-electron chi connectivity index (χ4n) is 1.42. The Balaban J connectivity index is 2.79. The third kappa shape index (κ3) is 5.22. The SMILES string of the molecule is CN(C)C(=S)SCCC(=O)c1cc([N+](=O)[O-])cnc1CCl. The Morgan fingerprint density at radius 1 is 1.57 bits per heavy atom. The number of alkyl halides is 1. The van der Waals surface area contributed by atoms with Crippen LogP contribution >= 0.6 is 35.6 Å². The van der Waals surface area contributed by atoms with Crippen LogP contribution in [0.2, 0.25) is 0 Å². The van der Waals surface area contributed by atoms with Gasteiger partial charge >= 0.3 is 0 Å². The molecular formula is C12H14ClN3O3S2. The summed E-state index contributed by atoms with van der Waals surface area (Å²) in [6.45, 7) is 0. The Morgan fingerprint density at radius 3 is 2.76 bits per heavy atom. The van der Waals surface area contributed by atoms with Crippen LogP contribution < -0.4 is 0 Å². The molecule has 0 saturated heterocycles. The van der Waals surface area contributed by atoms with Crippen molar-refractivity contribution >= 4 is 51.4 Å². The van der Waals surface area contributed by atoms with Crippen LogP contribution in [0, 0.1) is 10.1 Å². The number of rotatable bonds is 6. The Hall–Kier alpha value is -1.25. The average molecular weight is 348 g/mol. The Labute approximate surface area is 137 Å². The van der Waals surface area contributed by atoms with E-state index in [4.69, 9.17) is 23.8 Å². The average Bonchev–Trinajstić information content (AvgIpc) is 2.45. The van der Waals surface area contributed by atoms with Crippen molar-refractivity contribution in [3.63, 3.8) is 0 Å². The molecule has 0 aliphatic heterocycles. The molecule has 1 aromatic heterocycles. The maximum absolute atomic E-state index is 12.2. The minimum Gasteiger partial charge on any atom is -0.364 e. The number of carbonyl (C=O) groups is 1. The maximum Gasteiger partial charge on any atom is 0.288 e. The van der Waals surface area contributed by atoms with E-state index in [0.29, 0.717) is 15.8 Å². The maximum atomic E-state index is 12.2. The van der Waals surface area contributed by atoms with Gasteiger partial charge in [0, 0.05) is 37.9 Å². The van der Waals surface area contributed by atoms with Crippen LogP contribution in [0.3, 0.4) is 0 Å². The predicted molar refractivity (Wildman–Crippen MR) is 88.1 cm³/mol. The van der Waals surface area contributed by atoms with Gasteiger partial charge in [-0.05, 0) is 0 Å². The standard InChI is InChI=1S/C12H14ClN3O3S2/c1-15(2)12(20)21-4-3-11(17)9-5-8(16(18)19)7-14-10(9)6-13/h5,7H,3-4,6H2,1-2H3. The summed E-state index contributed by atoms with van der Waals surface area (Å²) in [5.74, 6) is 0.304. The molecule has 21 heavy (non-hydrogen) atoms. The van der Waals surface area contributed by atoms with E-state index in [0.717, 1.165) is 6.20 Å². The van der Waals surface area contributed by atoms with E-state index in [1.807, 2.05) is 14.1 Å². The second kappa shape index (κ2) is 8.26. The fraction of sp³-hybridized carbons (Fsp3) is 0.417. The molecule has 0 fully saturated rings. The molecule has 0 saturated carbocycles. The summed E-state index contributed by atoms with van der Waals surface area (Å²) in [4.78, 5) is 28.0. The summed E-state index contributed by atoms with van der Waals surface area (Å²) in [6, 6.07) is 1.22. The van der Waals surface area contributed by atoms with Crippen molar-refractivity contribution < 1.29 is 9.72 Å². The van der Waals surface area contributed by atoms with Crippen LogP contribution in [0.5, 0.6) is 0 Å². The molecule has 0 aliphatic carbocycles. The number of aromatic nitrogens is 1. The molecule has 0 aromatic carbocycles. The summed E-state index contributed by atoms with van der Waals surface area (Å²) in [7, 11) is 3.65. The third-order valence-electron chi connectivity index (χ3n) is 2.51. The molecule has 0 radical (unpaired) electrons. The smallest absolute Gasteiger partial charge is 0.288 e.